The van der Waals surface area contributed by atoms with Gasteiger partial charge in [-0.05, 0) is 54.0 Å². The predicted molar refractivity (Wildman–Crippen MR) is 79.7 cm³/mol. The molecule has 0 atom stereocenters. The van der Waals surface area contributed by atoms with E-state index in [1.807, 2.05) is 37.6 Å². The van der Waals surface area contributed by atoms with Gasteiger partial charge in [0.1, 0.15) is 11.4 Å². The summed E-state index contributed by atoms with van der Waals surface area (Å²) in [4.78, 5) is 4.36. The Bertz CT molecular complexity index is 457. The zero-order valence-corrected chi connectivity index (χ0v) is 12.5. The number of nitriles is 1. The van der Waals surface area contributed by atoms with Gasteiger partial charge in [0.05, 0.1) is 6.61 Å². The van der Waals surface area contributed by atoms with E-state index in [0.717, 1.165) is 15.0 Å². The lowest BCUT2D eigenvalue weighted by atomic mass is 10.3. The normalized spacial score (nSPS) is 10.8. The molecule has 0 fully saturated rings. The fourth-order valence-corrected chi connectivity index (χ4v) is 1.95. The number of nitrogens with one attached hydrogen (secondary N) is 1. The second-order valence-electron chi connectivity index (χ2n) is 2.90. The maximum absolute atomic E-state index is 8.59. The lowest BCUT2D eigenvalue weighted by Crippen LogP contribution is -2.12. The molecule has 0 heterocycles. The molecule has 0 radical (unpaired) electrons. The van der Waals surface area contributed by atoms with E-state index >= 15 is 0 Å². The minimum absolute atomic E-state index is 0.551. The molecule has 17 heavy (non-hydrogen) atoms. The molecule has 1 rings (SSSR count). The molecule has 0 unspecified atom stereocenters. The lowest BCUT2D eigenvalue weighted by molar-refractivity contribution is 0.341. The first-order valence-corrected chi connectivity index (χ1v) is 7.21. The van der Waals surface area contributed by atoms with Gasteiger partial charge in [-0.2, -0.15) is 5.26 Å². The second-order valence-corrected chi connectivity index (χ2v) is 4.94. The van der Waals surface area contributed by atoms with Crippen LogP contribution >= 0.6 is 34.4 Å². The van der Waals surface area contributed by atoms with Gasteiger partial charge in [0.2, 0.25) is 0 Å². The quantitative estimate of drug-likeness (QED) is 0.296. The highest BCUT2D eigenvalue weighted by atomic mass is 127. The third-order valence-corrected chi connectivity index (χ3v) is 3.05. The Morgan fingerprint density at radius 3 is 3.00 bits per heavy atom. The van der Waals surface area contributed by atoms with Crippen molar-refractivity contribution in [1.29, 1.82) is 5.26 Å². The first kappa shape index (κ1) is 14.1. The summed E-state index contributed by atoms with van der Waals surface area (Å²) in [6.45, 7) is 2.51. The number of rotatable bonds is 3. The molecule has 1 aromatic carbocycles. The van der Waals surface area contributed by atoms with E-state index in [1.54, 1.807) is 0 Å². The van der Waals surface area contributed by atoms with Gasteiger partial charge in [-0.3, -0.25) is 5.32 Å². The van der Waals surface area contributed by atoms with Crippen molar-refractivity contribution in [1.82, 2.24) is 5.32 Å². The van der Waals surface area contributed by atoms with E-state index in [4.69, 9.17) is 10.00 Å². The fraction of sp³-hybridized carbons (Fsp3) is 0.273. The van der Waals surface area contributed by atoms with Gasteiger partial charge >= 0.3 is 0 Å². The highest BCUT2D eigenvalue weighted by Crippen LogP contribution is 2.30. The number of nitrogens with zero attached hydrogens (tertiary/aromatic N) is 2. The predicted octanol–water partition coefficient (Wildman–Crippen LogP) is 3.11. The van der Waals surface area contributed by atoms with Crippen LogP contribution in [-0.2, 0) is 0 Å². The number of hydrogen-bond acceptors (Lipinski definition) is 4. The van der Waals surface area contributed by atoms with Crippen molar-refractivity contribution in [3.63, 3.8) is 0 Å². The minimum atomic E-state index is 0.551. The van der Waals surface area contributed by atoms with E-state index in [0.29, 0.717) is 11.8 Å². The van der Waals surface area contributed by atoms with Crippen LogP contribution in [0.3, 0.4) is 0 Å². The van der Waals surface area contributed by atoms with Crippen molar-refractivity contribution < 1.29 is 4.74 Å². The van der Waals surface area contributed by atoms with E-state index < -0.39 is 0 Å². The fourth-order valence-electron chi connectivity index (χ4n) is 1.14. The average molecular weight is 361 g/mol. The van der Waals surface area contributed by atoms with Crippen LogP contribution < -0.4 is 10.1 Å². The maximum Gasteiger partial charge on any atom is 0.183 e. The van der Waals surface area contributed by atoms with Gasteiger partial charge in [0, 0.05) is 3.57 Å². The molecule has 0 bridgehead atoms. The molecule has 0 aliphatic heterocycles. The van der Waals surface area contributed by atoms with Crippen molar-refractivity contribution >= 4 is 45.2 Å². The number of aliphatic imine (C=N–C) groups is 1. The first-order valence-electron chi connectivity index (χ1n) is 4.91. The van der Waals surface area contributed by atoms with Crippen LogP contribution in [-0.4, -0.2) is 18.0 Å². The van der Waals surface area contributed by atoms with Crippen LogP contribution in [0.4, 0.5) is 5.69 Å². The summed E-state index contributed by atoms with van der Waals surface area (Å²) in [6.07, 6.45) is 3.72. The highest BCUT2D eigenvalue weighted by Gasteiger charge is 2.05. The summed E-state index contributed by atoms with van der Waals surface area (Å²) in [5.74, 6) is 0.721. The standard InChI is InChI=1S/C11H12IN3OS/c1-3-16-10-5-4-8(12)6-9(10)15-11(17-2)14-7-13/h4-6H,3H2,1-2H3,(H,14,15). The third kappa shape index (κ3) is 4.44. The summed E-state index contributed by atoms with van der Waals surface area (Å²) in [6, 6.07) is 5.76. The van der Waals surface area contributed by atoms with Gasteiger partial charge in [-0.1, -0.05) is 11.8 Å². The van der Waals surface area contributed by atoms with Crippen molar-refractivity contribution in [2.24, 2.45) is 4.99 Å². The molecule has 1 N–H and O–H groups in total. The van der Waals surface area contributed by atoms with Crippen molar-refractivity contribution in [2.45, 2.75) is 6.92 Å². The number of halogens is 1. The Morgan fingerprint density at radius 2 is 2.41 bits per heavy atom. The van der Waals surface area contributed by atoms with Gasteiger partial charge < -0.3 is 4.74 Å². The summed E-state index contributed by atoms with van der Waals surface area (Å²) >= 11 is 3.59. The molecule has 0 saturated carbocycles. The largest absolute Gasteiger partial charge is 0.492 e. The molecule has 4 nitrogen and oxygen atoms in total. The number of amidine groups is 1. The minimum Gasteiger partial charge on any atom is -0.492 e. The van der Waals surface area contributed by atoms with Crippen LogP contribution in [0.2, 0.25) is 0 Å². The zero-order chi connectivity index (χ0) is 12.7. The molecule has 1 aromatic rings. The Hall–Kier alpha value is -0.940. The summed E-state index contributed by atoms with van der Waals surface area (Å²) in [5.41, 5.74) is 0.728. The molecular formula is C11H12IN3OS. The number of ether oxygens (including phenoxy) is 1. The van der Waals surface area contributed by atoms with Crippen molar-refractivity contribution in [3.8, 4) is 11.9 Å². The van der Waals surface area contributed by atoms with Crippen LogP contribution in [0, 0.1) is 15.0 Å². The van der Waals surface area contributed by atoms with E-state index in [1.165, 1.54) is 11.8 Å². The molecule has 0 spiro atoms. The zero-order valence-electron chi connectivity index (χ0n) is 9.53. The number of hydrogen-bond donors (Lipinski definition) is 1. The molecule has 0 amide bonds. The van der Waals surface area contributed by atoms with Crippen LogP contribution in [0.5, 0.6) is 5.75 Å². The topological polar surface area (TPSA) is 57.4 Å². The van der Waals surface area contributed by atoms with Crippen molar-refractivity contribution in [3.05, 3.63) is 21.8 Å². The highest BCUT2D eigenvalue weighted by molar-refractivity contribution is 14.1. The Balaban J connectivity index is 3.10. The van der Waals surface area contributed by atoms with Gasteiger partial charge in [-0.15, -0.1) is 0 Å². The SMILES string of the molecule is CCOc1ccc(I)cc1N=C(NC#N)SC. The summed E-state index contributed by atoms with van der Waals surface area (Å²) < 4.78 is 6.56. The summed E-state index contributed by atoms with van der Waals surface area (Å²) in [5, 5.41) is 11.7. The first-order chi connectivity index (χ1) is 8.21. The van der Waals surface area contributed by atoms with Crippen LogP contribution in [0.25, 0.3) is 0 Å². The monoisotopic (exact) mass is 361 g/mol. The summed E-state index contributed by atoms with van der Waals surface area (Å²) in [7, 11) is 0. The van der Waals surface area contributed by atoms with Crippen LogP contribution in [0.1, 0.15) is 6.92 Å². The maximum atomic E-state index is 8.59. The molecule has 90 valence electrons. The molecule has 0 aliphatic carbocycles. The van der Waals surface area contributed by atoms with Crippen LogP contribution in [0.15, 0.2) is 23.2 Å². The average Bonchev–Trinajstić information content (AvgIpc) is 2.32. The second kappa shape index (κ2) is 7.40. The van der Waals surface area contributed by atoms with Crippen molar-refractivity contribution in [2.75, 3.05) is 12.9 Å². The van der Waals surface area contributed by atoms with Gasteiger partial charge in [-0.25, -0.2) is 4.99 Å². The van der Waals surface area contributed by atoms with E-state index in [9.17, 15) is 0 Å². The lowest BCUT2D eigenvalue weighted by Gasteiger charge is -2.08. The van der Waals surface area contributed by atoms with Gasteiger partial charge in [0.25, 0.3) is 0 Å². The Morgan fingerprint density at radius 1 is 1.65 bits per heavy atom. The molecule has 6 heteroatoms. The Kier molecular flexibility index (Phi) is 6.15. The third-order valence-electron chi connectivity index (χ3n) is 1.80. The molecular weight excluding hydrogens is 349 g/mol. The van der Waals surface area contributed by atoms with E-state index in [-0.39, 0.29) is 0 Å². The molecule has 0 aliphatic rings. The Labute approximate surface area is 119 Å². The number of benzene rings is 1. The number of thioether (sulfide) groups is 1. The smallest absolute Gasteiger partial charge is 0.183 e. The molecule has 0 saturated heterocycles. The van der Waals surface area contributed by atoms with E-state index in [2.05, 4.69) is 32.9 Å². The molecule has 0 aromatic heterocycles. The van der Waals surface area contributed by atoms with Gasteiger partial charge in [0.15, 0.2) is 11.4 Å².